The number of aliphatic hydroxyl groups is 1. The minimum Gasteiger partial charge on any atom is -0.389 e. The molecule has 1 atom stereocenters. The van der Waals surface area contributed by atoms with E-state index in [1.807, 2.05) is 6.20 Å². The van der Waals surface area contributed by atoms with E-state index in [1.165, 1.54) is 24.8 Å². The van der Waals surface area contributed by atoms with Gasteiger partial charge < -0.3 is 5.11 Å². The number of hydrogen-bond acceptors (Lipinski definition) is 3. The Hall–Kier alpha value is -0.870. The van der Waals surface area contributed by atoms with Crippen LogP contribution in [0.4, 0.5) is 0 Å². The first kappa shape index (κ1) is 13.1. The quantitative estimate of drug-likeness (QED) is 0.908. The van der Waals surface area contributed by atoms with Crippen molar-refractivity contribution in [2.75, 3.05) is 19.6 Å². The van der Waals surface area contributed by atoms with Gasteiger partial charge in [0.1, 0.15) is 0 Å². The van der Waals surface area contributed by atoms with Crippen molar-refractivity contribution in [3.63, 3.8) is 0 Å². The molecule has 0 spiro atoms. The largest absolute Gasteiger partial charge is 0.389 e. The van der Waals surface area contributed by atoms with Gasteiger partial charge in [-0.3, -0.25) is 9.58 Å². The monoisotopic (exact) mass is 263 g/mol. The van der Waals surface area contributed by atoms with Gasteiger partial charge in [-0.25, -0.2) is 0 Å². The van der Waals surface area contributed by atoms with Crippen molar-refractivity contribution in [2.24, 2.45) is 0 Å². The van der Waals surface area contributed by atoms with Crippen molar-refractivity contribution in [2.45, 2.75) is 57.1 Å². The molecule has 1 aromatic rings. The number of nitrogens with zero attached hydrogens (tertiary/aromatic N) is 3. The highest BCUT2D eigenvalue weighted by atomic mass is 16.3. The highest BCUT2D eigenvalue weighted by Gasteiger charge is 2.34. The first-order valence-electron chi connectivity index (χ1n) is 7.60. The summed E-state index contributed by atoms with van der Waals surface area (Å²) in [7, 11) is 0. The summed E-state index contributed by atoms with van der Waals surface area (Å²) in [6.45, 7) is 5.06. The van der Waals surface area contributed by atoms with Crippen LogP contribution in [0.5, 0.6) is 0 Å². The van der Waals surface area contributed by atoms with Crippen molar-refractivity contribution in [1.82, 2.24) is 14.7 Å². The normalized spacial score (nSPS) is 27.8. The third-order valence-electron chi connectivity index (χ3n) is 4.65. The van der Waals surface area contributed by atoms with Crippen molar-refractivity contribution >= 4 is 0 Å². The Kier molecular flexibility index (Phi) is 3.63. The van der Waals surface area contributed by atoms with Gasteiger partial charge in [0.05, 0.1) is 17.8 Å². The van der Waals surface area contributed by atoms with E-state index in [1.54, 1.807) is 0 Å². The van der Waals surface area contributed by atoms with Gasteiger partial charge in [0.2, 0.25) is 0 Å². The molecule has 3 rings (SSSR count). The molecule has 4 heteroatoms. The maximum atomic E-state index is 10.6. The van der Waals surface area contributed by atoms with Gasteiger partial charge in [0.25, 0.3) is 0 Å². The summed E-state index contributed by atoms with van der Waals surface area (Å²) < 4.78 is 2.10. The van der Waals surface area contributed by atoms with E-state index in [0.717, 1.165) is 38.9 Å². The van der Waals surface area contributed by atoms with Crippen molar-refractivity contribution in [3.05, 3.63) is 18.0 Å². The Balaban J connectivity index is 1.57. The lowest BCUT2D eigenvalue weighted by Crippen LogP contribution is -2.43. The lowest BCUT2D eigenvalue weighted by molar-refractivity contribution is -0.0220. The minimum atomic E-state index is -0.423. The van der Waals surface area contributed by atoms with Crippen LogP contribution in [0.15, 0.2) is 12.4 Å². The van der Waals surface area contributed by atoms with Crippen LogP contribution >= 0.6 is 0 Å². The molecule has 1 unspecified atom stereocenters. The number of β-amino-alcohol motifs (C(OH)–C–C–N with tert-alkyl or cyclic N) is 1. The van der Waals surface area contributed by atoms with E-state index in [2.05, 4.69) is 27.8 Å². The molecule has 0 aromatic carbocycles. The van der Waals surface area contributed by atoms with E-state index in [0.29, 0.717) is 6.04 Å². The second-order valence-corrected chi connectivity index (χ2v) is 6.46. The maximum Gasteiger partial charge on any atom is 0.0774 e. The lowest BCUT2D eigenvalue weighted by atomic mass is 9.84. The summed E-state index contributed by atoms with van der Waals surface area (Å²) in [6.07, 6.45) is 10.8. The first-order valence-corrected chi connectivity index (χ1v) is 7.60. The number of rotatable bonds is 3. The van der Waals surface area contributed by atoms with Crippen LogP contribution in [-0.4, -0.2) is 45.0 Å². The fourth-order valence-electron chi connectivity index (χ4n) is 3.59. The number of hydrogen-bond donors (Lipinski definition) is 1. The van der Waals surface area contributed by atoms with Crippen molar-refractivity contribution in [1.29, 1.82) is 0 Å². The summed E-state index contributed by atoms with van der Waals surface area (Å²) in [5.74, 6) is 0. The summed E-state index contributed by atoms with van der Waals surface area (Å²) >= 11 is 0. The summed E-state index contributed by atoms with van der Waals surface area (Å²) in [5.41, 5.74) is 0.803. The number of aryl methyl sites for hydroxylation is 1. The Morgan fingerprint density at radius 2 is 2.16 bits per heavy atom. The molecule has 2 fully saturated rings. The molecule has 1 N–H and O–H groups in total. The molecule has 1 aliphatic carbocycles. The molecule has 1 aromatic heterocycles. The van der Waals surface area contributed by atoms with Gasteiger partial charge in [-0.05, 0) is 31.7 Å². The molecular weight excluding hydrogens is 238 g/mol. The zero-order valence-electron chi connectivity index (χ0n) is 11.9. The highest BCUT2D eigenvalue weighted by Crippen LogP contribution is 2.31. The van der Waals surface area contributed by atoms with Gasteiger partial charge in [0, 0.05) is 25.8 Å². The Labute approximate surface area is 115 Å². The smallest absolute Gasteiger partial charge is 0.0774 e. The molecule has 2 aliphatic rings. The molecule has 106 valence electrons. The van der Waals surface area contributed by atoms with E-state index in [-0.39, 0.29) is 0 Å². The van der Waals surface area contributed by atoms with E-state index in [4.69, 9.17) is 0 Å². The second kappa shape index (κ2) is 5.25. The predicted octanol–water partition coefficient (Wildman–Crippen LogP) is 2.13. The molecule has 19 heavy (non-hydrogen) atoms. The van der Waals surface area contributed by atoms with Gasteiger partial charge in [-0.15, -0.1) is 0 Å². The SMILES string of the molecule is Cc1cnn(C2CCN(CC3(O)CCCCC3)C2)c1. The molecule has 1 saturated heterocycles. The van der Waals surface area contributed by atoms with Gasteiger partial charge in [-0.1, -0.05) is 19.3 Å². The van der Waals surface area contributed by atoms with Crippen LogP contribution in [-0.2, 0) is 0 Å². The maximum absolute atomic E-state index is 10.6. The average Bonchev–Trinajstić information content (AvgIpc) is 2.98. The third kappa shape index (κ3) is 3.00. The molecule has 1 saturated carbocycles. The Morgan fingerprint density at radius 3 is 2.84 bits per heavy atom. The molecular formula is C15H25N3O. The van der Waals surface area contributed by atoms with Gasteiger partial charge in [0.15, 0.2) is 0 Å². The average molecular weight is 263 g/mol. The topological polar surface area (TPSA) is 41.3 Å². The van der Waals surface area contributed by atoms with Crippen molar-refractivity contribution in [3.8, 4) is 0 Å². The highest BCUT2D eigenvalue weighted by molar-refractivity contribution is 5.01. The standard InChI is InChI=1S/C15H25N3O/c1-13-9-16-18(10-13)14-5-8-17(11-14)12-15(19)6-3-2-4-7-15/h9-10,14,19H,2-8,11-12H2,1H3. The fourth-order valence-corrected chi connectivity index (χ4v) is 3.59. The lowest BCUT2D eigenvalue weighted by Gasteiger charge is -2.35. The van der Waals surface area contributed by atoms with Crippen molar-refractivity contribution < 1.29 is 5.11 Å². The predicted molar refractivity (Wildman–Crippen MR) is 75.1 cm³/mol. The van der Waals surface area contributed by atoms with Crippen LogP contribution in [0.25, 0.3) is 0 Å². The molecule has 4 nitrogen and oxygen atoms in total. The van der Waals surface area contributed by atoms with E-state index in [9.17, 15) is 5.11 Å². The molecule has 2 heterocycles. The Morgan fingerprint density at radius 1 is 1.37 bits per heavy atom. The van der Waals surface area contributed by atoms with Gasteiger partial charge >= 0.3 is 0 Å². The third-order valence-corrected chi connectivity index (χ3v) is 4.65. The summed E-state index contributed by atoms with van der Waals surface area (Å²) in [6, 6.07) is 0.487. The van der Waals surface area contributed by atoms with E-state index >= 15 is 0 Å². The number of likely N-dealkylation sites (tertiary alicyclic amines) is 1. The summed E-state index contributed by atoms with van der Waals surface area (Å²) in [5, 5.41) is 15.1. The molecule has 0 bridgehead atoms. The van der Waals surface area contributed by atoms with E-state index < -0.39 is 5.60 Å². The molecule has 0 radical (unpaired) electrons. The minimum absolute atomic E-state index is 0.423. The van der Waals surface area contributed by atoms with Crippen LogP contribution in [0.3, 0.4) is 0 Å². The van der Waals surface area contributed by atoms with Crippen LogP contribution < -0.4 is 0 Å². The van der Waals surface area contributed by atoms with Crippen LogP contribution in [0, 0.1) is 6.92 Å². The second-order valence-electron chi connectivity index (χ2n) is 6.46. The molecule has 0 amide bonds. The zero-order chi connectivity index (χ0) is 13.3. The fraction of sp³-hybridized carbons (Fsp3) is 0.800. The van der Waals surface area contributed by atoms with Crippen LogP contribution in [0.1, 0.15) is 50.1 Å². The zero-order valence-corrected chi connectivity index (χ0v) is 11.9. The number of aromatic nitrogens is 2. The summed E-state index contributed by atoms with van der Waals surface area (Å²) in [4.78, 5) is 2.42. The molecule has 1 aliphatic heterocycles. The van der Waals surface area contributed by atoms with Gasteiger partial charge in [-0.2, -0.15) is 5.10 Å². The Bertz CT molecular complexity index is 423. The van der Waals surface area contributed by atoms with Crippen LogP contribution in [0.2, 0.25) is 0 Å². The first-order chi connectivity index (χ1) is 9.15.